The summed E-state index contributed by atoms with van der Waals surface area (Å²) in [6, 6.07) is -45.1. The van der Waals surface area contributed by atoms with Gasteiger partial charge in [0.1, 0.15) is 0 Å². The van der Waals surface area contributed by atoms with Gasteiger partial charge >= 0.3 is 0 Å². The molecule has 0 aliphatic heterocycles. The summed E-state index contributed by atoms with van der Waals surface area (Å²) >= 11 is 0.453. The van der Waals surface area contributed by atoms with E-state index < -0.39 is 329 Å². The van der Waals surface area contributed by atoms with Crippen molar-refractivity contribution in [3.05, 3.63) is 256 Å². The highest BCUT2D eigenvalue weighted by Gasteiger charge is 2.46. The molecule has 2 heteroatoms. The molecule has 1 nitrogen and oxygen atoms in total. The smallest absolute Gasteiger partial charge is 0.0714 e. The third-order valence-electron chi connectivity index (χ3n) is 10.1. The molecule has 0 saturated carbocycles. The molecule has 0 radical (unpaired) electrons. The van der Waals surface area contributed by atoms with Crippen molar-refractivity contribution in [2.75, 3.05) is 4.90 Å². The highest BCUT2D eigenvalue weighted by Crippen LogP contribution is 2.58. The van der Waals surface area contributed by atoms with Gasteiger partial charge in [0.05, 0.1) is 54.8 Å². The predicted molar refractivity (Wildman–Crippen MR) is 249 cm³/mol. The van der Waals surface area contributed by atoms with Gasteiger partial charge in [0.2, 0.25) is 0 Å². The van der Waals surface area contributed by atoms with Crippen molar-refractivity contribution in [3.8, 4) is 22.3 Å². The lowest BCUT2D eigenvalue weighted by atomic mass is 9.67. The Labute approximate surface area is 403 Å². The van der Waals surface area contributed by atoms with Crippen LogP contribution in [-0.4, -0.2) is 0 Å². The first-order valence-corrected chi connectivity index (χ1v) is 18.1. The lowest BCUT2D eigenvalue weighted by Gasteiger charge is -2.35. The SMILES string of the molecule is [2H]c1c([2H])c([2H])c(C2(c3c([2H])c([2H])c([2H])c([2H])c3[2H])c3c([2H])c([2H])c([2H])c([2H])c3-c3c([2H])c([2H])c(N(c4c([2H])c([2H])c5c(c4[2H])C(c4c([2H])c([2H])c([2H])c([2H])c4[2H])(C([2H])([2H])[2H])c4c([2H])c([2H])c([2H])c([2H])c4-5)c4c([2H])c([2H])c5sc6c([2H])c([2H])c([2H])c([2H])c6c5c4[2H])c([2H])c32)c([2H])c1[2H]. The van der Waals surface area contributed by atoms with Crippen molar-refractivity contribution in [1.29, 1.82) is 0 Å². The van der Waals surface area contributed by atoms with Crippen LogP contribution in [0, 0.1) is 0 Å². The first-order chi connectivity index (χ1) is 45.4. The van der Waals surface area contributed by atoms with Crippen LogP contribution < -0.4 is 4.90 Å². The summed E-state index contributed by atoms with van der Waals surface area (Å²) in [4.78, 5) is 0.181. The van der Waals surface area contributed by atoms with Crippen molar-refractivity contribution >= 4 is 48.6 Å². The number of rotatable bonds is 6. The lowest BCUT2D eigenvalue weighted by molar-refractivity contribution is 0.714. The highest BCUT2D eigenvalue weighted by atomic mass is 32.1. The monoisotopic (exact) mass is 809 g/mol. The molecule has 10 aromatic rings. The summed E-state index contributed by atoms with van der Waals surface area (Å²) in [7, 11) is 0. The summed E-state index contributed by atoms with van der Waals surface area (Å²) in [6.45, 7) is -4.14. The molecule has 0 N–H and O–H groups in total. The van der Waals surface area contributed by atoms with Gasteiger partial charge < -0.3 is 4.90 Å². The van der Waals surface area contributed by atoms with Crippen LogP contribution in [-0.2, 0) is 10.8 Å². The molecule has 1 atom stereocenters. The Morgan fingerprint density at radius 3 is 1.54 bits per heavy atom. The molecule has 0 spiro atoms. The third kappa shape index (κ3) is 4.84. The van der Waals surface area contributed by atoms with Crippen molar-refractivity contribution in [2.24, 2.45) is 0 Å². The Bertz CT molecular complexity index is 5320. The predicted octanol–water partition coefficient (Wildman–Crippen LogP) is 15.2. The normalized spacial score (nSPS) is 25.3. The molecule has 278 valence electrons. The summed E-state index contributed by atoms with van der Waals surface area (Å²) in [6.07, 6.45) is 0. The van der Waals surface area contributed by atoms with E-state index in [1.807, 2.05) is 0 Å². The quantitative estimate of drug-likeness (QED) is 0.162. The Kier molecular flexibility index (Phi) is 2.87. The molecule has 0 saturated heterocycles. The molecule has 9 aromatic carbocycles. The number of hydrogen-bond acceptors (Lipinski definition) is 2. The Balaban J connectivity index is 1.43. The molecular formula is C57H39NS. The lowest BCUT2D eigenvalue weighted by Crippen LogP contribution is -2.28. The van der Waals surface area contributed by atoms with Gasteiger partial charge in [0, 0.05) is 46.8 Å². The van der Waals surface area contributed by atoms with Crippen LogP contribution in [0.25, 0.3) is 42.4 Å². The second kappa shape index (κ2) is 13.0. The van der Waals surface area contributed by atoms with Crippen LogP contribution in [0.2, 0.25) is 0 Å². The summed E-state index contributed by atoms with van der Waals surface area (Å²) < 4.78 is 367. The van der Waals surface area contributed by atoms with Crippen LogP contribution in [0.1, 0.15) is 99.3 Å². The molecule has 59 heavy (non-hydrogen) atoms. The minimum Gasteiger partial charge on any atom is -0.310 e. The second-order valence-corrected chi connectivity index (χ2v) is 14.0. The van der Waals surface area contributed by atoms with Gasteiger partial charge in [-0.2, -0.15) is 0 Å². The highest BCUT2D eigenvalue weighted by molar-refractivity contribution is 7.25. The number of thiophene rings is 1. The van der Waals surface area contributed by atoms with Crippen LogP contribution >= 0.6 is 11.3 Å². The Morgan fingerprint density at radius 2 is 0.864 bits per heavy atom. The van der Waals surface area contributed by atoms with Crippen molar-refractivity contribution in [1.82, 2.24) is 0 Å². The minimum absolute atomic E-state index is 0.181. The van der Waals surface area contributed by atoms with E-state index in [1.165, 1.54) is 0 Å². The minimum atomic E-state index is -4.14. The van der Waals surface area contributed by atoms with Gasteiger partial charge in [-0.05, 0) is 116 Å². The molecule has 1 unspecified atom stereocenters. The van der Waals surface area contributed by atoms with Crippen molar-refractivity contribution in [3.63, 3.8) is 0 Å². The maximum Gasteiger partial charge on any atom is 0.0714 e. The van der Waals surface area contributed by atoms with Crippen LogP contribution in [0.4, 0.5) is 17.1 Å². The molecule has 1 aromatic heterocycles. The summed E-state index contributed by atoms with van der Waals surface area (Å²) in [5, 5.41) is -1.23. The first-order valence-electron chi connectivity index (χ1n) is 36.8. The van der Waals surface area contributed by atoms with E-state index in [1.54, 1.807) is 0 Å². The number of nitrogens with zero attached hydrogens (tertiary/aromatic N) is 1. The fourth-order valence-electron chi connectivity index (χ4n) is 7.69. The van der Waals surface area contributed by atoms with E-state index in [-0.39, 0.29) is 9.60 Å². The molecule has 0 amide bonds. The zero-order valence-electron chi connectivity index (χ0n) is 68.4. The molecule has 0 fully saturated rings. The maximum absolute atomic E-state index is 10.9. The Morgan fingerprint density at radius 1 is 0.390 bits per heavy atom. The van der Waals surface area contributed by atoms with Gasteiger partial charge in [-0.15, -0.1) is 11.3 Å². The largest absolute Gasteiger partial charge is 0.310 e. The van der Waals surface area contributed by atoms with E-state index >= 15 is 0 Å². The Hall–Kier alpha value is -7.00. The first kappa shape index (κ1) is 13.0. The molecule has 1 heterocycles. The average Bonchev–Trinajstić information content (AvgIpc) is 1.48. The fourth-order valence-corrected chi connectivity index (χ4v) is 8.61. The molecule has 2 aliphatic rings. The van der Waals surface area contributed by atoms with E-state index in [4.69, 9.17) is 23.3 Å². The fraction of sp³-hybridized carbons (Fsp3) is 0.0526. The summed E-state index contributed by atoms with van der Waals surface area (Å²) in [5.74, 6) is 0. The van der Waals surface area contributed by atoms with Crippen molar-refractivity contribution in [2.45, 2.75) is 17.7 Å². The zero-order chi connectivity index (χ0) is 73.0. The molecule has 0 bridgehead atoms. The number of hydrogen-bond donors (Lipinski definition) is 0. The molecule has 2 aliphatic carbocycles. The van der Waals surface area contributed by atoms with Crippen LogP contribution in [0.5, 0.6) is 0 Å². The summed E-state index contributed by atoms with van der Waals surface area (Å²) in [5.41, 5.74) is -24.5. The van der Waals surface area contributed by atoms with Crippen molar-refractivity contribution < 1.29 is 53.5 Å². The number of benzene rings is 9. The van der Waals surface area contributed by atoms with Gasteiger partial charge in [-0.3, -0.25) is 0 Å². The number of anilines is 3. The van der Waals surface area contributed by atoms with E-state index in [9.17, 15) is 30.2 Å². The van der Waals surface area contributed by atoms with E-state index in [2.05, 4.69) is 0 Å². The second-order valence-electron chi connectivity index (χ2n) is 13.0. The van der Waals surface area contributed by atoms with Gasteiger partial charge in [0.25, 0.3) is 0 Å². The standard InChI is InChI=1S/C57H39NS/c1-56(38-17-5-2-6-18-38)50-26-14-11-23-44(50)46-32-29-42(36-52(46)56)58(41-31-34-55-49(35-41)48-25-13-16-28-54(48)59-55)43-30-33-47-45-24-12-15-27-51(45)57(53(47)37-43,39-19-7-3-8-20-39)40-21-9-4-10-22-40/h2-37H,1H3/i1D3,2D,3D,4D,5D,6D,7D,8D,9D,10D,11D,12D,13D,14D,15D,16D,17D,18D,19D,20D,21D,22D,23D,24D,25D,26D,27D,28D,29D,30D,31D,32D,33D,34D,35D,36D,37D. The topological polar surface area (TPSA) is 3.24 Å². The van der Waals surface area contributed by atoms with Gasteiger partial charge in [0.15, 0.2) is 0 Å². The maximum atomic E-state index is 10.9. The third-order valence-corrected chi connectivity index (χ3v) is 11.2. The van der Waals surface area contributed by atoms with Crippen LogP contribution in [0.3, 0.4) is 0 Å². The number of fused-ring (bicyclic) bond motifs is 9. The van der Waals surface area contributed by atoms with E-state index in [0.29, 0.717) is 11.3 Å². The average molecular weight is 809 g/mol. The van der Waals surface area contributed by atoms with E-state index in [0.717, 1.165) is 0 Å². The molecular weight excluding hydrogens is 731 g/mol. The van der Waals surface area contributed by atoms with Crippen LogP contribution in [0.15, 0.2) is 218 Å². The molecule has 12 rings (SSSR count). The zero-order valence-corrected chi connectivity index (χ0v) is 30.2. The van der Waals surface area contributed by atoms with Gasteiger partial charge in [-0.25, -0.2) is 0 Å². The van der Waals surface area contributed by atoms with Gasteiger partial charge in [-0.1, -0.05) is 169 Å².